The van der Waals surface area contributed by atoms with Gasteiger partial charge in [0.2, 0.25) is 0 Å². The molecule has 0 saturated carbocycles. The largest absolute Gasteiger partial charge is 0.496 e. The van der Waals surface area contributed by atoms with E-state index in [1.165, 1.54) is 14.2 Å². The van der Waals surface area contributed by atoms with Crippen LogP contribution < -0.4 is 20.1 Å². The molecule has 6 rings (SSSR count). The Hall–Kier alpha value is -5.86. The fourth-order valence-electron chi connectivity index (χ4n) is 7.45. The highest BCUT2D eigenvalue weighted by Gasteiger charge is 2.31. The lowest BCUT2D eigenvalue weighted by molar-refractivity contribution is -0.145. The second-order valence-electron chi connectivity index (χ2n) is 14.1. The number of aromatic nitrogens is 2. The number of esters is 2. The fraction of sp³-hybridized carbons (Fsp3) is 0.381. The van der Waals surface area contributed by atoms with E-state index in [2.05, 4.69) is 30.4 Å². The quantitative estimate of drug-likeness (QED) is 0.170. The highest BCUT2D eigenvalue weighted by Crippen LogP contribution is 2.35. The van der Waals surface area contributed by atoms with Crippen molar-refractivity contribution in [2.45, 2.75) is 39.8 Å². The summed E-state index contributed by atoms with van der Waals surface area (Å²) in [6.45, 7) is 7.59. The number of rotatable bonds is 13. The molecule has 2 saturated heterocycles. The van der Waals surface area contributed by atoms with Gasteiger partial charge in [-0.05, 0) is 74.2 Å². The van der Waals surface area contributed by atoms with Crippen LogP contribution in [0.25, 0.3) is 11.1 Å². The fourth-order valence-corrected chi connectivity index (χ4v) is 7.45. The average Bonchev–Trinajstić information content (AvgIpc) is 3.89. The van der Waals surface area contributed by atoms with Crippen molar-refractivity contribution in [3.63, 3.8) is 0 Å². The summed E-state index contributed by atoms with van der Waals surface area (Å²) in [4.78, 5) is 64.1. The standard InChI is InChI=1S/C42H48N6O8/c1-25-31(9-7-11-33(25)45-39(49)35-17-37(53-3)29(19-43-35)23-47-15-13-27(21-47)41(51)55-5)32-10-8-12-34(26(32)2)46-40(50)36-18-38(54-4)30(20-44-36)24-48-16-14-28(22-48)42(52)56-6/h7-12,17-20,27-28H,13-16,21-24H2,1-6H3,(H,45,49)(H,46,50)/t27-,28-/m0/s1. The number of anilines is 2. The topological polar surface area (TPSA) is 162 Å². The van der Waals surface area contributed by atoms with Crippen molar-refractivity contribution in [1.29, 1.82) is 0 Å². The van der Waals surface area contributed by atoms with E-state index in [4.69, 9.17) is 18.9 Å². The lowest BCUT2D eigenvalue weighted by atomic mass is 9.94. The van der Waals surface area contributed by atoms with Crippen molar-refractivity contribution in [1.82, 2.24) is 19.8 Å². The zero-order valence-corrected chi connectivity index (χ0v) is 32.6. The van der Waals surface area contributed by atoms with E-state index < -0.39 is 0 Å². The number of nitrogens with one attached hydrogen (secondary N) is 2. The molecule has 294 valence electrons. The molecule has 4 aromatic rings. The van der Waals surface area contributed by atoms with E-state index in [0.717, 1.165) is 59.3 Å². The van der Waals surface area contributed by atoms with Gasteiger partial charge in [-0.3, -0.25) is 38.9 Å². The first-order chi connectivity index (χ1) is 27.0. The third-order valence-corrected chi connectivity index (χ3v) is 10.6. The molecule has 14 nitrogen and oxygen atoms in total. The molecule has 2 aromatic heterocycles. The van der Waals surface area contributed by atoms with Crippen LogP contribution in [0.1, 0.15) is 56.1 Å². The molecular weight excluding hydrogens is 716 g/mol. The Balaban J connectivity index is 1.13. The van der Waals surface area contributed by atoms with Crippen LogP contribution in [0.5, 0.6) is 11.5 Å². The monoisotopic (exact) mass is 764 g/mol. The van der Waals surface area contributed by atoms with Crippen molar-refractivity contribution in [2.24, 2.45) is 11.8 Å². The maximum atomic E-state index is 13.5. The SMILES string of the molecule is COC(=O)[C@H]1CCN(Cc2cnc(C(=O)Nc3cccc(-c4cccc(NC(=O)c5cc(OC)c(CN6CC[C@H](C(=O)OC)C6)cn5)c4C)c3C)cc2OC)C1. The zero-order valence-electron chi connectivity index (χ0n) is 32.6. The summed E-state index contributed by atoms with van der Waals surface area (Å²) < 4.78 is 21.1. The highest BCUT2D eigenvalue weighted by atomic mass is 16.5. The van der Waals surface area contributed by atoms with E-state index in [1.54, 1.807) is 38.7 Å². The molecule has 2 atom stereocenters. The normalized spacial score (nSPS) is 17.0. The van der Waals surface area contributed by atoms with Gasteiger partial charge >= 0.3 is 11.9 Å². The number of ether oxygens (including phenoxy) is 4. The van der Waals surface area contributed by atoms with Crippen molar-refractivity contribution < 1.29 is 38.1 Å². The molecule has 56 heavy (non-hydrogen) atoms. The van der Waals surface area contributed by atoms with Gasteiger partial charge in [-0.1, -0.05) is 24.3 Å². The molecule has 14 heteroatoms. The Morgan fingerprint density at radius 2 is 1.07 bits per heavy atom. The Labute approximate surface area is 326 Å². The average molecular weight is 765 g/mol. The number of benzene rings is 2. The lowest BCUT2D eigenvalue weighted by Crippen LogP contribution is -2.24. The van der Waals surface area contributed by atoms with Crippen LogP contribution in [-0.4, -0.2) is 98.1 Å². The van der Waals surface area contributed by atoms with Gasteiger partial charge in [0.05, 0.1) is 40.3 Å². The molecule has 2 aliphatic heterocycles. The van der Waals surface area contributed by atoms with Gasteiger partial charge in [-0.25, -0.2) is 0 Å². The van der Waals surface area contributed by atoms with Crippen molar-refractivity contribution in [3.05, 3.63) is 94.6 Å². The van der Waals surface area contributed by atoms with E-state index in [1.807, 2.05) is 50.2 Å². The minimum Gasteiger partial charge on any atom is -0.496 e. The van der Waals surface area contributed by atoms with E-state index >= 15 is 0 Å². The minimum absolute atomic E-state index is 0.157. The first-order valence-corrected chi connectivity index (χ1v) is 18.5. The summed E-state index contributed by atoms with van der Waals surface area (Å²) in [6.07, 6.45) is 4.74. The van der Waals surface area contributed by atoms with Crippen LogP contribution in [0, 0.1) is 25.7 Å². The van der Waals surface area contributed by atoms with Gasteiger partial charge in [0.25, 0.3) is 11.8 Å². The third kappa shape index (κ3) is 8.82. The van der Waals surface area contributed by atoms with Gasteiger partial charge in [0.1, 0.15) is 22.9 Å². The smallest absolute Gasteiger partial charge is 0.310 e. The molecule has 2 amide bonds. The van der Waals surface area contributed by atoms with Gasteiger partial charge in [0, 0.05) is 73.2 Å². The molecule has 0 bridgehead atoms. The molecule has 0 aliphatic carbocycles. The maximum absolute atomic E-state index is 13.5. The predicted octanol–water partition coefficient (Wildman–Crippen LogP) is 5.27. The first kappa shape index (κ1) is 39.8. The summed E-state index contributed by atoms with van der Waals surface area (Å²) in [7, 11) is 5.91. The Bertz CT molecular complexity index is 1970. The second-order valence-corrected chi connectivity index (χ2v) is 14.1. The van der Waals surface area contributed by atoms with Crippen LogP contribution in [0.3, 0.4) is 0 Å². The molecule has 2 N–H and O–H groups in total. The van der Waals surface area contributed by atoms with Gasteiger partial charge in [-0.2, -0.15) is 0 Å². The zero-order chi connectivity index (χ0) is 39.9. The minimum atomic E-state index is -0.389. The number of carbonyl (C=O) groups excluding carboxylic acids is 4. The van der Waals surface area contributed by atoms with Crippen molar-refractivity contribution in [3.8, 4) is 22.6 Å². The maximum Gasteiger partial charge on any atom is 0.310 e. The Kier molecular flexibility index (Phi) is 12.6. The van der Waals surface area contributed by atoms with E-state index in [0.29, 0.717) is 49.1 Å². The van der Waals surface area contributed by atoms with Crippen LogP contribution in [0.15, 0.2) is 60.9 Å². The molecule has 4 heterocycles. The molecule has 0 spiro atoms. The first-order valence-electron chi connectivity index (χ1n) is 18.5. The Morgan fingerprint density at radius 3 is 1.45 bits per heavy atom. The third-order valence-electron chi connectivity index (χ3n) is 10.6. The van der Waals surface area contributed by atoms with Crippen molar-refractivity contribution >= 4 is 35.1 Å². The highest BCUT2D eigenvalue weighted by molar-refractivity contribution is 6.05. The number of pyridine rings is 2. The second kappa shape index (κ2) is 17.7. The number of likely N-dealkylation sites (tertiary alicyclic amines) is 2. The molecular formula is C42H48N6O8. The summed E-state index contributed by atoms with van der Waals surface area (Å²) in [5, 5.41) is 6.02. The molecule has 2 fully saturated rings. The number of methoxy groups -OCH3 is 4. The van der Waals surface area contributed by atoms with Gasteiger partial charge < -0.3 is 29.6 Å². The molecule has 0 radical (unpaired) electrons. The summed E-state index contributed by atoms with van der Waals surface area (Å²) >= 11 is 0. The summed E-state index contributed by atoms with van der Waals surface area (Å²) in [5.74, 6) is -0.433. The van der Waals surface area contributed by atoms with Gasteiger partial charge in [0.15, 0.2) is 0 Å². The molecule has 2 aliphatic rings. The van der Waals surface area contributed by atoms with E-state index in [-0.39, 0.29) is 47.0 Å². The summed E-state index contributed by atoms with van der Waals surface area (Å²) in [6, 6.07) is 14.6. The lowest BCUT2D eigenvalue weighted by Gasteiger charge is -2.19. The molecule has 0 unspecified atom stereocenters. The van der Waals surface area contributed by atoms with Crippen LogP contribution in [0.4, 0.5) is 11.4 Å². The van der Waals surface area contributed by atoms with Crippen molar-refractivity contribution in [2.75, 3.05) is 65.3 Å². The predicted molar refractivity (Wildman–Crippen MR) is 210 cm³/mol. The number of nitrogens with zero attached hydrogens (tertiary/aromatic N) is 4. The summed E-state index contributed by atoms with van der Waals surface area (Å²) in [5.41, 5.74) is 6.70. The number of carbonyl (C=O) groups is 4. The Morgan fingerprint density at radius 1 is 0.661 bits per heavy atom. The van der Waals surface area contributed by atoms with Gasteiger partial charge in [-0.15, -0.1) is 0 Å². The van der Waals surface area contributed by atoms with E-state index in [9.17, 15) is 19.2 Å². The van der Waals surface area contributed by atoms with Crippen LogP contribution in [0.2, 0.25) is 0 Å². The van der Waals surface area contributed by atoms with Crippen LogP contribution in [-0.2, 0) is 32.2 Å². The van der Waals surface area contributed by atoms with Crippen LogP contribution >= 0.6 is 0 Å². The number of amides is 2. The number of hydrogen-bond acceptors (Lipinski definition) is 12. The molecule has 2 aromatic carbocycles. The number of hydrogen-bond donors (Lipinski definition) is 2.